The third-order valence-corrected chi connectivity index (χ3v) is 7.01. The molecular formula is C19H23N5O2S2. The summed E-state index contributed by atoms with van der Waals surface area (Å²) in [5, 5.41) is 7.87. The van der Waals surface area contributed by atoms with Crippen LogP contribution in [0.1, 0.15) is 41.2 Å². The number of carbonyl (C=O) groups is 1. The van der Waals surface area contributed by atoms with Crippen LogP contribution in [-0.4, -0.2) is 31.4 Å². The smallest absolute Gasteiger partial charge is 0.259 e. The molecule has 1 aliphatic rings. The van der Waals surface area contributed by atoms with E-state index in [0.717, 1.165) is 35.2 Å². The highest BCUT2D eigenvalue weighted by molar-refractivity contribution is 7.98. The minimum atomic E-state index is -0.0432. The number of rotatable bonds is 6. The lowest BCUT2D eigenvalue weighted by Gasteiger charge is -2.09. The first-order chi connectivity index (χ1) is 13.5. The number of nitrogens with zero attached hydrogens (tertiary/aromatic N) is 3. The van der Waals surface area contributed by atoms with Crippen molar-refractivity contribution in [1.82, 2.24) is 19.7 Å². The van der Waals surface area contributed by atoms with Crippen molar-refractivity contribution in [1.29, 1.82) is 0 Å². The fraction of sp³-hybridized carbons (Fsp3) is 0.474. The number of anilines is 1. The van der Waals surface area contributed by atoms with Gasteiger partial charge in [0, 0.05) is 30.2 Å². The number of nitrogens with one attached hydrogen (secondary N) is 2. The number of hydrogen-bond donors (Lipinski definition) is 2. The molecule has 0 bridgehead atoms. The average Bonchev–Trinajstić information content (AvgIpc) is 3.18. The van der Waals surface area contributed by atoms with E-state index in [1.54, 1.807) is 34.8 Å². The van der Waals surface area contributed by atoms with E-state index < -0.39 is 0 Å². The Hall–Kier alpha value is -2.13. The molecule has 0 aromatic carbocycles. The van der Waals surface area contributed by atoms with Crippen molar-refractivity contribution in [2.24, 2.45) is 7.05 Å². The number of H-pyrrole nitrogens is 1. The Kier molecular flexibility index (Phi) is 5.54. The zero-order chi connectivity index (χ0) is 19.7. The van der Waals surface area contributed by atoms with E-state index in [1.807, 2.05) is 13.0 Å². The second-order valence-electron chi connectivity index (χ2n) is 7.05. The molecular weight excluding hydrogens is 394 g/mol. The van der Waals surface area contributed by atoms with Crippen LogP contribution in [0.2, 0.25) is 0 Å². The highest BCUT2D eigenvalue weighted by Crippen LogP contribution is 2.33. The molecule has 1 amide bonds. The van der Waals surface area contributed by atoms with Crippen LogP contribution in [0.25, 0.3) is 10.2 Å². The van der Waals surface area contributed by atoms with Gasteiger partial charge < -0.3 is 10.3 Å². The van der Waals surface area contributed by atoms with E-state index in [1.165, 1.54) is 16.9 Å². The first-order valence-electron chi connectivity index (χ1n) is 9.43. The van der Waals surface area contributed by atoms with Gasteiger partial charge in [-0.25, -0.2) is 4.98 Å². The maximum Gasteiger partial charge on any atom is 0.259 e. The number of aromatic nitrogens is 4. The quantitative estimate of drug-likeness (QED) is 0.601. The van der Waals surface area contributed by atoms with E-state index in [4.69, 9.17) is 0 Å². The van der Waals surface area contributed by atoms with E-state index in [9.17, 15) is 9.59 Å². The zero-order valence-electron chi connectivity index (χ0n) is 16.0. The Morgan fingerprint density at radius 2 is 2.21 bits per heavy atom. The third kappa shape index (κ3) is 4.00. The van der Waals surface area contributed by atoms with E-state index in [-0.39, 0.29) is 11.5 Å². The molecule has 28 heavy (non-hydrogen) atoms. The van der Waals surface area contributed by atoms with Crippen molar-refractivity contribution in [2.75, 3.05) is 11.1 Å². The van der Waals surface area contributed by atoms with Gasteiger partial charge in [0.25, 0.3) is 5.56 Å². The monoisotopic (exact) mass is 417 g/mol. The van der Waals surface area contributed by atoms with Gasteiger partial charge >= 0.3 is 0 Å². The summed E-state index contributed by atoms with van der Waals surface area (Å²) in [6.45, 7) is 1.89. The molecule has 1 aliphatic carbocycles. The molecule has 0 atom stereocenters. The Morgan fingerprint density at radius 3 is 3.00 bits per heavy atom. The lowest BCUT2D eigenvalue weighted by molar-refractivity contribution is -0.115. The number of carbonyl (C=O) groups excluding carboxylic acids is 1. The number of thioether (sulfide) groups is 1. The van der Waals surface area contributed by atoms with Gasteiger partial charge in [0.05, 0.1) is 16.8 Å². The largest absolute Gasteiger partial charge is 0.311 e. The van der Waals surface area contributed by atoms with Gasteiger partial charge in [-0.3, -0.25) is 14.3 Å². The molecule has 0 saturated heterocycles. The molecule has 3 aromatic heterocycles. The molecule has 3 heterocycles. The van der Waals surface area contributed by atoms with Crippen molar-refractivity contribution in [3.63, 3.8) is 0 Å². The van der Waals surface area contributed by atoms with Gasteiger partial charge in [-0.1, -0.05) is 0 Å². The molecule has 0 radical (unpaired) electrons. The fourth-order valence-electron chi connectivity index (χ4n) is 3.54. The minimum Gasteiger partial charge on any atom is -0.311 e. The van der Waals surface area contributed by atoms with Crippen LogP contribution in [0.4, 0.5) is 5.82 Å². The highest BCUT2D eigenvalue weighted by Gasteiger charge is 2.19. The van der Waals surface area contributed by atoms with Crippen LogP contribution < -0.4 is 10.9 Å². The molecule has 4 rings (SSSR count). The van der Waals surface area contributed by atoms with Crippen molar-refractivity contribution in [3.8, 4) is 0 Å². The highest BCUT2D eigenvalue weighted by atomic mass is 32.2. The van der Waals surface area contributed by atoms with Crippen LogP contribution >= 0.6 is 23.1 Å². The summed E-state index contributed by atoms with van der Waals surface area (Å²) in [6.07, 6.45) is 4.79. The van der Waals surface area contributed by atoms with Crippen LogP contribution in [-0.2, 0) is 30.4 Å². The fourth-order valence-corrected chi connectivity index (χ4v) is 5.63. The molecule has 0 unspecified atom stereocenters. The van der Waals surface area contributed by atoms with Crippen LogP contribution in [0.5, 0.6) is 0 Å². The normalized spacial score (nSPS) is 13.6. The SMILES string of the molecule is Cc1cc(NC(=O)CCSCc2nc3sc4c(c3c(=O)[nH]2)CCCC4)n(C)n1. The molecule has 0 saturated carbocycles. The summed E-state index contributed by atoms with van der Waals surface area (Å²) >= 11 is 3.26. The number of aromatic amines is 1. The lowest BCUT2D eigenvalue weighted by Crippen LogP contribution is -2.15. The first-order valence-corrected chi connectivity index (χ1v) is 11.4. The molecule has 7 nitrogen and oxygen atoms in total. The summed E-state index contributed by atoms with van der Waals surface area (Å²) in [5.41, 5.74) is 2.05. The predicted molar refractivity (Wildman–Crippen MR) is 114 cm³/mol. The second-order valence-corrected chi connectivity index (χ2v) is 9.24. The molecule has 148 valence electrons. The predicted octanol–water partition coefficient (Wildman–Crippen LogP) is 3.17. The standard InChI is InChI=1S/C19H23N5O2S2/c1-11-9-15(24(2)23-11)22-16(25)7-8-27-10-14-20-18(26)17-12-5-3-4-6-13(12)28-19(17)21-14/h9H,3-8,10H2,1-2H3,(H,22,25)(H,20,21,26). The molecule has 3 aromatic rings. The molecule has 2 N–H and O–H groups in total. The van der Waals surface area contributed by atoms with Gasteiger partial charge in [-0.05, 0) is 38.2 Å². The summed E-state index contributed by atoms with van der Waals surface area (Å²) in [7, 11) is 1.80. The topological polar surface area (TPSA) is 92.7 Å². The number of fused-ring (bicyclic) bond motifs is 3. The third-order valence-electron chi connectivity index (χ3n) is 4.86. The van der Waals surface area contributed by atoms with Gasteiger partial charge in [-0.15, -0.1) is 11.3 Å². The summed E-state index contributed by atoms with van der Waals surface area (Å²) < 4.78 is 1.66. The summed E-state index contributed by atoms with van der Waals surface area (Å²) in [4.78, 5) is 34.4. The number of thiophene rings is 1. The van der Waals surface area contributed by atoms with Crippen LogP contribution in [0.15, 0.2) is 10.9 Å². The van der Waals surface area contributed by atoms with Crippen molar-refractivity contribution in [2.45, 2.75) is 44.8 Å². The Bertz CT molecular complexity index is 1080. The van der Waals surface area contributed by atoms with Gasteiger partial charge in [-0.2, -0.15) is 16.9 Å². The lowest BCUT2D eigenvalue weighted by atomic mass is 9.97. The average molecular weight is 418 g/mol. The number of aryl methyl sites for hydroxylation is 4. The molecule has 9 heteroatoms. The molecule has 0 spiro atoms. The molecule has 0 fully saturated rings. The molecule has 0 aliphatic heterocycles. The summed E-state index contributed by atoms with van der Waals surface area (Å²) in [5.74, 6) is 2.59. The number of amides is 1. The maximum absolute atomic E-state index is 12.5. The Morgan fingerprint density at radius 1 is 1.39 bits per heavy atom. The summed E-state index contributed by atoms with van der Waals surface area (Å²) in [6, 6.07) is 1.84. The van der Waals surface area contributed by atoms with Gasteiger partial charge in [0.15, 0.2) is 0 Å². The van der Waals surface area contributed by atoms with Gasteiger partial charge in [0.1, 0.15) is 16.5 Å². The van der Waals surface area contributed by atoms with E-state index >= 15 is 0 Å². The zero-order valence-corrected chi connectivity index (χ0v) is 17.6. The van der Waals surface area contributed by atoms with Crippen molar-refractivity contribution < 1.29 is 4.79 Å². The van der Waals surface area contributed by atoms with Crippen molar-refractivity contribution in [3.05, 3.63) is 38.4 Å². The first kappa shape index (κ1) is 19.2. The Balaban J connectivity index is 1.34. The van der Waals surface area contributed by atoms with Gasteiger partial charge in [0.2, 0.25) is 5.91 Å². The number of hydrogen-bond acceptors (Lipinski definition) is 6. The Labute approximate surface area is 170 Å². The van der Waals surface area contributed by atoms with Crippen LogP contribution in [0, 0.1) is 6.92 Å². The van der Waals surface area contributed by atoms with E-state index in [0.29, 0.717) is 29.6 Å². The van der Waals surface area contributed by atoms with Crippen molar-refractivity contribution >= 4 is 45.0 Å². The van der Waals surface area contributed by atoms with Crippen LogP contribution in [0.3, 0.4) is 0 Å². The second kappa shape index (κ2) is 8.08. The minimum absolute atomic E-state index is 0.0238. The maximum atomic E-state index is 12.5. The van der Waals surface area contributed by atoms with E-state index in [2.05, 4.69) is 20.4 Å².